The highest BCUT2D eigenvalue weighted by atomic mass is 35.5. The lowest BCUT2D eigenvalue weighted by molar-refractivity contribution is 0.0600. The predicted molar refractivity (Wildman–Crippen MR) is 108 cm³/mol. The van der Waals surface area contributed by atoms with Gasteiger partial charge in [0.05, 0.1) is 30.1 Å². The van der Waals surface area contributed by atoms with Gasteiger partial charge in [0.15, 0.2) is 0 Å². The minimum absolute atomic E-state index is 0.241. The number of nitrogens with one attached hydrogen (secondary N) is 2. The molecule has 0 aliphatic rings. The summed E-state index contributed by atoms with van der Waals surface area (Å²) in [5, 5.41) is 6.63. The van der Waals surface area contributed by atoms with Gasteiger partial charge in [-0.15, -0.1) is 0 Å². The zero-order chi connectivity index (χ0) is 19.9. The number of aromatic nitrogens is 1. The molecule has 28 heavy (non-hydrogen) atoms. The molecule has 0 aliphatic heterocycles. The SMILES string of the molecule is COC(=O)c1cccc(Nc2cncc(C(=O)NCc3ccc(Cl)cc3)c2)c1. The third-order valence-electron chi connectivity index (χ3n) is 3.94. The van der Waals surface area contributed by atoms with E-state index in [0.29, 0.717) is 34.1 Å². The number of anilines is 2. The molecule has 3 rings (SSSR count). The number of hydrogen-bond acceptors (Lipinski definition) is 5. The van der Waals surface area contributed by atoms with Gasteiger partial charge in [-0.1, -0.05) is 29.8 Å². The molecule has 2 aromatic carbocycles. The fourth-order valence-electron chi connectivity index (χ4n) is 2.53. The number of halogens is 1. The number of hydrogen-bond donors (Lipinski definition) is 2. The van der Waals surface area contributed by atoms with E-state index >= 15 is 0 Å². The van der Waals surface area contributed by atoms with Crippen molar-refractivity contribution in [2.45, 2.75) is 6.54 Å². The number of amides is 1. The Kier molecular flexibility index (Phi) is 6.24. The van der Waals surface area contributed by atoms with Crippen molar-refractivity contribution < 1.29 is 14.3 Å². The van der Waals surface area contributed by atoms with Crippen molar-refractivity contribution in [1.82, 2.24) is 10.3 Å². The molecule has 6 nitrogen and oxygen atoms in total. The molecule has 1 heterocycles. The standard InChI is InChI=1S/C21H18ClN3O3/c1-28-21(27)15-3-2-4-18(9-15)25-19-10-16(12-23-13-19)20(26)24-11-14-5-7-17(22)8-6-14/h2-10,12-13,25H,11H2,1H3,(H,24,26). The van der Waals surface area contributed by atoms with E-state index in [4.69, 9.17) is 16.3 Å². The van der Waals surface area contributed by atoms with E-state index in [2.05, 4.69) is 15.6 Å². The Balaban J connectivity index is 1.67. The van der Waals surface area contributed by atoms with Crippen LogP contribution in [-0.2, 0) is 11.3 Å². The van der Waals surface area contributed by atoms with Crippen molar-refractivity contribution in [3.8, 4) is 0 Å². The number of benzene rings is 2. The van der Waals surface area contributed by atoms with Crippen LogP contribution >= 0.6 is 11.6 Å². The minimum Gasteiger partial charge on any atom is -0.465 e. The topological polar surface area (TPSA) is 80.3 Å². The molecule has 0 aliphatic carbocycles. The summed E-state index contributed by atoms with van der Waals surface area (Å²) in [5.41, 5.74) is 3.10. The maximum atomic E-state index is 12.4. The number of methoxy groups -OCH3 is 1. The van der Waals surface area contributed by atoms with Gasteiger partial charge in [0.1, 0.15) is 0 Å². The average molecular weight is 396 g/mol. The second-order valence-corrected chi connectivity index (χ2v) is 6.41. The summed E-state index contributed by atoms with van der Waals surface area (Å²) in [4.78, 5) is 28.2. The normalized spacial score (nSPS) is 10.2. The van der Waals surface area contributed by atoms with Crippen LogP contribution in [0.25, 0.3) is 0 Å². The Bertz CT molecular complexity index is 990. The zero-order valence-electron chi connectivity index (χ0n) is 15.1. The summed E-state index contributed by atoms with van der Waals surface area (Å²) in [6.07, 6.45) is 3.09. The molecular formula is C21H18ClN3O3. The maximum absolute atomic E-state index is 12.4. The van der Waals surface area contributed by atoms with E-state index in [-0.39, 0.29) is 5.91 Å². The molecule has 0 saturated heterocycles. The fraction of sp³-hybridized carbons (Fsp3) is 0.0952. The fourth-order valence-corrected chi connectivity index (χ4v) is 2.65. The van der Waals surface area contributed by atoms with Crippen LogP contribution in [0, 0.1) is 0 Å². The number of esters is 1. The Morgan fingerprint density at radius 3 is 2.50 bits per heavy atom. The van der Waals surface area contributed by atoms with Crippen molar-refractivity contribution in [2.24, 2.45) is 0 Å². The first-order valence-electron chi connectivity index (χ1n) is 8.48. The molecule has 142 valence electrons. The molecule has 0 saturated carbocycles. The maximum Gasteiger partial charge on any atom is 0.337 e. The van der Waals surface area contributed by atoms with Gasteiger partial charge in [0.25, 0.3) is 5.91 Å². The van der Waals surface area contributed by atoms with Crippen LogP contribution in [0.2, 0.25) is 5.02 Å². The number of ether oxygens (including phenoxy) is 1. The van der Waals surface area contributed by atoms with Gasteiger partial charge >= 0.3 is 5.97 Å². The molecule has 0 unspecified atom stereocenters. The third-order valence-corrected chi connectivity index (χ3v) is 4.19. The lowest BCUT2D eigenvalue weighted by Gasteiger charge is -2.10. The lowest BCUT2D eigenvalue weighted by Crippen LogP contribution is -2.23. The van der Waals surface area contributed by atoms with E-state index < -0.39 is 5.97 Å². The summed E-state index contributed by atoms with van der Waals surface area (Å²) in [5.74, 6) is -0.661. The molecule has 1 aromatic heterocycles. The predicted octanol–water partition coefficient (Wildman–Crippen LogP) is 4.20. The largest absolute Gasteiger partial charge is 0.465 e. The van der Waals surface area contributed by atoms with Crippen LogP contribution in [0.5, 0.6) is 0 Å². The second-order valence-electron chi connectivity index (χ2n) is 5.97. The van der Waals surface area contributed by atoms with Crippen LogP contribution in [-0.4, -0.2) is 24.0 Å². The monoisotopic (exact) mass is 395 g/mol. The van der Waals surface area contributed by atoms with E-state index in [1.807, 2.05) is 12.1 Å². The number of nitrogens with zero attached hydrogens (tertiary/aromatic N) is 1. The first-order valence-corrected chi connectivity index (χ1v) is 8.86. The Hall–Kier alpha value is -3.38. The van der Waals surface area contributed by atoms with E-state index in [9.17, 15) is 9.59 Å². The van der Waals surface area contributed by atoms with E-state index in [0.717, 1.165) is 5.56 Å². The summed E-state index contributed by atoms with van der Waals surface area (Å²) in [6.45, 7) is 0.384. The van der Waals surface area contributed by atoms with Gasteiger partial charge in [0.2, 0.25) is 0 Å². The molecule has 3 aromatic rings. The lowest BCUT2D eigenvalue weighted by atomic mass is 10.2. The molecular weight excluding hydrogens is 378 g/mol. The van der Waals surface area contributed by atoms with Crippen molar-refractivity contribution in [3.05, 3.63) is 88.7 Å². The van der Waals surface area contributed by atoms with Gasteiger partial charge in [-0.2, -0.15) is 0 Å². The van der Waals surface area contributed by atoms with Crippen LogP contribution in [0.4, 0.5) is 11.4 Å². The van der Waals surface area contributed by atoms with Crippen molar-refractivity contribution in [2.75, 3.05) is 12.4 Å². The molecule has 0 fully saturated rings. The Labute approximate surface area is 167 Å². The molecule has 7 heteroatoms. The molecule has 1 amide bonds. The van der Waals surface area contributed by atoms with Crippen LogP contribution in [0.15, 0.2) is 67.0 Å². The third kappa shape index (κ3) is 5.08. The molecule has 0 bridgehead atoms. The smallest absolute Gasteiger partial charge is 0.337 e. The van der Waals surface area contributed by atoms with Crippen LogP contribution < -0.4 is 10.6 Å². The minimum atomic E-state index is -0.419. The number of rotatable bonds is 6. The van der Waals surface area contributed by atoms with E-state index in [1.165, 1.54) is 13.3 Å². The number of pyridine rings is 1. The summed E-state index contributed by atoms with van der Waals surface area (Å²) >= 11 is 5.86. The van der Waals surface area contributed by atoms with Crippen LogP contribution in [0.1, 0.15) is 26.3 Å². The second kappa shape index (κ2) is 9.01. The highest BCUT2D eigenvalue weighted by Crippen LogP contribution is 2.18. The highest BCUT2D eigenvalue weighted by molar-refractivity contribution is 6.30. The number of carbonyl (C=O) groups excluding carboxylic acids is 2. The van der Waals surface area contributed by atoms with Gasteiger partial charge < -0.3 is 15.4 Å². The van der Waals surface area contributed by atoms with Gasteiger partial charge in [-0.3, -0.25) is 9.78 Å². The summed E-state index contributed by atoms with van der Waals surface area (Å²) < 4.78 is 4.72. The van der Waals surface area contributed by atoms with Crippen molar-refractivity contribution >= 4 is 34.9 Å². The average Bonchev–Trinajstić information content (AvgIpc) is 2.73. The highest BCUT2D eigenvalue weighted by Gasteiger charge is 2.09. The van der Waals surface area contributed by atoms with Crippen molar-refractivity contribution in [1.29, 1.82) is 0 Å². The first kappa shape index (κ1) is 19.4. The zero-order valence-corrected chi connectivity index (χ0v) is 15.9. The van der Waals surface area contributed by atoms with Gasteiger partial charge in [-0.05, 0) is 42.0 Å². The summed E-state index contributed by atoms with van der Waals surface area (Å²) in [7, 11) is 1.33. The molecule has 0 spiro atoms. The van der Waals surface area contributed by atoms with Crippen LogP contribution in [0.3, 0.4) is 0 Å². The quantitative estimate of drug-likeness (QED) is 0.611. The van der Waals surface area contributed by atoms with Crippen molar-refractivity contribution in [3.63, 3.8) is 0 Å². The van der Waals surface area contributed by atoms with Gasteiger partial charge in [-0.25, -0.2) is 4.79 Å². The number of carbonyl (C=O) groups is 2. The molecule has 2 N–H and O–H groups in total. The van der Waals surface area contributed by atoms with Gasteiger partial charge in [0, 0.05) is 23.5 Å². The Morgan fingerprint density at radius 2 is 1.75 bits per heavy atom. The van der Waals surface area contributed by atoms with E-state index in [1.54, 1.807) is 48.7 Å². The molecule has 0 atom stereocenters. The first-order chi connectivity index (χ1) is 13.5. The summed E-state index contributed by atoms with van der Waals surface area (Å²) in [6, 6.07) is 15.8. The molecule has 0 radical (unpaired) electrons. The Morgan fingerprint density at radius 1 is 1.00 bits per heavy atom.